The standard InChI is InChI=1S/C68H44N4O/c1-4-21-46(22-5-1)52-34-19-37-60-56-30-11-10-29-55(56)57-31-12-13-33-61(57)68(69-66(52)60)72-62-38-15-14-32-58(62)59-42-41-51(44-65(59)72)73-50-28-18-27-49(43-50)70-45-71(64-40-17-16-39-63(64)70)67-53(47-23-6-2-7-24-47)35-20-36-54(67)48-25-8-3-9-26-48/h1-44H. The number of fused-ring (bicyclic) bond motifs is 9. The van der Waals surface area contributed by atoms with Gasteiger partial charge in [0.25, 0.3) is 6.33 Å². The Hall–Kier alpha value is -9.84. The molecule has 1 aliphatic rings. The fourth-order valence-electron chi connectivity index (χ4n) is 10.9. The molecule has 342 valence electrons. The molecule has 14 rings (SSSR count). The van der Waals surface area contributed by atoms with Crippen LogP contribution in [0.4, 0.5) is 5.69 Å². The summed E-state index contributed by atoms with van der Waals surface area (Å²) < 4.78 is 13.6. The molecular weight excluding hydrogens is 889 g/mol. The predicted molar refractivity (Wildman–Crippen MR) is 298 cm³/mol. The van der Waals surface area contributed by atoms with Crippen molar-refractivity contribution in [3.63, 3.8) is 0 Å². The first-order valence-electron chi connectivity index (χ1n) is 24.7. The molecular formula is C68H44N4O. The molecule has 0 fully saturated rings. The van der Waals surface area contributed by atoms with Gasteiger partial charge in [0.15, 0.2) is 0 Å². The normalized spacial score (nSPS) is 11.9. The molecule has 5 nitrogen and oxygen atoms in total. The molecule has 0 aliphatic carbocycles. The van der Waals surface area contributed by atoms with Crippen molar-refractivity contribution < 1.29 is 9.30 Å². The summed E-state index contributed by atoms with van der Waals surface area (Å²) in [5.74, 6) is 2.26. The molecule has 0 saturated heterocycles. The van der Waals surface area contributed by atoms with Crippen molar-refractivity contribution in [2.24, 2.45) is 4.99 Å². The van der Waals surface area contributed by atoms with Crippen LogP contribution in [0.1, 0.15) is 5.56 Å². The summed E-state index contributed by atoms with van der Waals surface area (Å²) in [6.45, 7) is 0. The van der Waals surface area contributed by atoms with E-state index in [1.807, 2.05) is 6.07 Å². The molecule has 0 amide bonds. The molecule has 1 aliphatic heterocycles. The van der Waals surface area contributed by atoms with Crippen LogP contribution >= 0.6 is 0 Å². The molecule has 3 heterocycles. The molecule has 5 heteroatoms. The van der Waals surface area contributed by atoms with Gasteiger partial charge in [0.2, 0.25) is 0 Å². The van der Waals surface area contributed by atoms with Crippen LogP contribution in [0.2, 0.25) is 0 Å². The van der Waals surface area contributed by atoms with E-state index in [0.29, 0.717) is 11.5 Å². The van der Waals surface area contributed by atoms with Gasteiger partial charge in [0.1, 0.15) is 17.3 Å². The van der Waals surface area contributed by atoms with E-state index in [1.165, 1.54) is 0 Å². The van der Waals surface area contributed by atoms with Crippen molar-refractivity contribution in [2.75, 3.05) is 0 Å². The van der Waals surface area contributed by atoms with Crippen LogP contribution in [0.5, 0.6) is 11.5 Å². The number of rotatable bonds is 7. The lowest BCUT2D eigenvalue weighted by atomic mass is 9.87. The maximum atomic E-state index is 6.95. The summed E-state index contributed by atoms with van der Waals surface area (Å²) in [6, 6.07) is 94.2. The van der Waals surface area contributed by atoms with Crippen LogP contribution in [-0.2, 0) is 0 Å². The topological polar surface area (TPSA) is 35.3 Å². The van der Waals surface area contributed by atoms with Gasteiger partial charge < -0.3 is 4.74 Å². The van der Waals surface area contributed by atoms with Gasteiger partial charge in [-0.25, -0.2) is 4.99 Å². The zero-order chi connectivity index (χ0) is 48.2. The van der Waals surface area contributed by atoms with Crippen molar-refractivity contribution in [3.8, 4) is 78.5 Å². The van der Waals surface area contributed by atoms with E-state index in [9.17, 15) is 0 Å². The molecule has 0 N–H and O–H groups in total. The number of benzene rings is 11. The molecule has 0 bridgehead atoms. The van der Waals surface area contributed by atoms with E-state index in [1.54, 1.807) is 0 Å². The van der Waals surface area contributed by atoms with E-state index in [4.69, 9.17) is 9.73 Å². The van der Waals surface area contributed by atoms with Crippen LogP contribution in [0.15, 0.2) is 272 Å². The number of imidazole rings is 1. The third-order valence-electron chi connectivity index (χ3n) is 14.2. The van der Waals surface area contributed by atoms with Crippen LogP contribution in [-0.4, -0.2) is 15.0 Å². The first kappa shape index (κ1) is 42.1. The minimum Gasteiger partial charge on any atom is -0.458 e. The van der Waals surface area contributed by atoms with Gasteiger partial charge in [-0.05, 0) is 80.9 Å². The lowest BCUT2D eigenvalue weighted by Crippen LogP contribution is -2.31. The number of para-hydroxylation sites is 5. The average Bonchev–Trinajstić information content (AvgIpc) is 4.01. The molecule has 0 radical (unpaired) electrons. The molecule has 0 atom stereocenters. The summed E-state index contributed by atoms with van der Waals surface area (Å²) in [7, 11) is 0. The lowest BCUT2D eigenvalue weighted by molar-refractivity contribution is -0.571. The number of hydrogen-bond acceptors (Lipinski definition) is 2. The molecule has 11 aromatic carbocycles. The minimum absolute atomic E-state index is 0.707. The third kappa shape index (κ3) is 7.17. The van der Waals surface area contributed by atoms with Crippen LogP contribution in [0.3, 0.4) is 0 Å². The van der Waals surface area contributed by atoms with Crippen LogP contribution < -0.4 is 9.30 Å². The van der Waals surface area contributed by atoms with Gasteiger partial charge in [-0.15, -0.1) is 0 Å². The maximum Gasteiger partial charge on any atom is 0.269 e. The Labute approximate surface area is 423 Å². The summed E-state index contributed by atoms with van der Waals surface area (Å²) in [6.07, 6.45) is 3.82. The highest BCUT2D eigenvalue weighted by molar-refractivity contribution is 6.21. The van der Waals surface area contributed by atoms with Gasteiger partial charge in [-0.1, -0.05) is 224 Å². The summed E-state index contributed by atoms with van der Waals surface area (Å²) >= 11 is 0. The highest BCUT2D eigenvalue weighted by atomic mass is 16.5. The number of ether oxygens (including phenoxy) is 1. The summed E-state index contributed by atoms with van der Waals surface area (Å²) in [4.78, 5) is 5.84. The largest absolute Gasteiger partial charge is 0.458 e. The van der Waals surface area contributed by atoms with Gasteiger partial charge in [0.05, 0.1) is 39.1 Å². The Bertz CT molecular complexity index is 4220. The number of aliphatic imine (C=N–C) groups is 1. The van der Waals surface area contributed by atoms with E-state index in [-0.39, 0.29) is 0 Å². The van der Waals surface area contributed by atoms with Crippen molar-refractivity contribution in [1.82, 2.24) is 9.13 Å². The van der Waals surface area contributed by atoms with Crippen molar-refractivity contribution in [3.05, 3.63) is 279 Å². The zero-order valence-electron chi connectivity index (χ0n) is 39.6. The molecule has 2 aromatic heterocycles. The molecule has 0 saturated carbocycles. The van der Waals surface area contributed by atoms with Crippen LogP contribution in [0.25, 0.3) is 99.8 Å². The summed E-state index contributed by atoms with van der Waals surface area (Å²) in [5, 5.41) is 2.25. The molecule has 73 heavy (non-hydrogen) atoms. The fourth-order valence-corrected chi connectivity index (χ4v) is 10.9. The van der Waals surface area contributed by atoms with Crippen molar-refractivity contribution in [2.45, 2.75) is 0 Å². The smallest absolute Gasteiger partial charge is 0.269 e. The van der Waals surface area contributed by atoms with Crippen LogP contribution in [0, 0.1) is 6.33 Å². The highest BCUT2D eigenvalue weighted by Crippen LogP contribution is 2.47. The number of nitrogens with zero attached hydrogens (tertiary/aromatic N) is 4. The van der Waals surface area contributed by atoms with Gasteiger partial charge in [-0.2, -0.15) is 0 Å². The minimum atomic E-state index is 0.707. The van der Waals surface area contributed by atoms with E-state index in [2.05, 4.69) is 281 Å². The molecule has 0 unspecified atom stereocenters. The Morgan fingerprint density at radius 3 is 1.55 bits per heavy atom. The Morgan fingerprint density at radius 1 is 0.356 bits per heavy atom. The second-order valence-corrected chi connectivity index (χ2v) is 18.4. The Kier molecular flexibility index (Phi) is 10.1. The quantitative estimate of drug-likeness (QED) is 0.116. The zero-order valence-corrected chi connectivity index (χ0v) is 39.6. The Balaban J connectivity index is 0.922. The first-order chi connectivity index (χ1) is 36.2. The van der Waals surface area contributed by atoms with E-state index >= 15 is 0 Å². The predicted octanol–water partition coefficient (Wildman–Crippen LogP) is 16.9. The van der Waals surface area contributed by atoms with Crippen molar-refractivity contribution >= 4 is 44.4 Å². The van der Waals surface area contributed by atoms with Gasteiger partial charge in [0, 0.05) is 33.5 Å². The second kappa shape index (κ2) is 17.5. The van der Waals surface area contributed by atoms with Gasteiger partial charge >= 0.3 is 0 Å². The van der Waals surface area contributed by atoms with E-state index in [0.717, 1.165) is 117 Å². The van der Waals surface area contributed by atoms with Gasteiger partial charge in [-0.3, -0.25) is 13.7 Å². The van der Waals surface area contributed by atoms with E-state index < -0.39 is 0 Å². The monoisotopic (exact) mass is 932 g/mol. The third-order valence-corrected chi connectivity index (χ3v) is 14.2. The molecule has 13 aromatic rings. The Morgan fingerprint density at radius 2 is 0.849 bits per heavy atom. The number of hydrogen-bond donors (Lipinski definition) is 0. The SMILES string of the molecule is [c-]1n(-c2cccc(Oc3ccc4c5ccccc5n(C5=Nc6c(-c7ccccc7)cccc6-c6ccccc6-c6ccccc65)c4c3)c2)c2ccccc2[n+]1-c1c(-c2ccccc2)cccc1-c1ccccc1. The van der Waals surface area contributed by atoms with Crippen molar-refractivity contribution in [1.29, 1.82) is 0 Å². The second-order valence-electron chi connectivity index (χ2n) is 18.4. The number of aromatic nitrogens is 3. The summed E-state index contributed by atoms with van der Waals surface area (Å²) in [5.41, 5.74) is 19.3. The molecule has 0 spiro atoms. The first-order valence-corrected chi connectivity index (χ1v) is 24.7. The maximum absolute atomic E-state index is 6.95. The fraction of sp³-hybridized carbons (Fsp3) is 0. The lowest BCUT2D eigenvalue weighted by Gasteiger charge is -2.23. The highest BCUT2D eigenvalue weighted by Gasteiger charge is 2.26. The average molecular weight is 933 g/mol.